The number of nitrogens with two attached hydrogens (primary N) is 2. The van der Waals surface area contributed by atoms with Crippen LogP contribution in [-0.2, 0) is 0 Å². The van der Waals surface area contributed by atoms with Crippen LogP contribution >= 0.6 is 23.1 Å². The van der Waals surface area contributed by atoms with Crippen molar-refractivity contribution in [2.45, 2.75) is 37.1 Å². The van der Waals surface area contributed by atoms with E-state index in [1.807, 2.05) is 18.2 Å². The van der Waals surface area contributed by atoms with E-state index in [-0.39, 0.29) is 5.25 Å². The van der Waals surface area contributed by atoms with Crippen molar-refractivity contribution in [1.29, 1.82) is 0 Å². The molecule has 1 aliphatic heterocycles. The van der Waals surface area contributed by atoms with Crippen molar-refractivity contribution in [3.63, 3.8) is 0 Å². The van der Waals surface area contributed by atoms with Crippen molar-refractivity contribution in [1.82, 2.24) is 19.9 Å². The van der Waals surface area contributed by atoms with Crippen LogP contribution in [0.15, 0.2) is 29.4 Å². The van der Waals surface area contributed by atoms with Crippen molar-refractivity contribution in [2.75, 3.05) is 44.8 Å². The second kappa shape index (κ2) is 10.6. The van der Waals surface area contributed by atoms with Crippen LogP contribution in [0.2, 0.25) is 0 Å². The van der Waals surface area contributed by atoms with Gasteiger partial charge in [-0.15, -0.1) is 11.3 Å². The zero-order valence-electron chi connectivity index (χ0n) is 19.2. The number of thiazole rings is 1. The third-order valence-corrected chi connectivity index (χ3v) is 7.53. The van der Waals surface area contributed by atoms with Gasteiger partial charge in [0.1, 0.15) is 23.3 Å². The largest absolute Gasteiger partial charge is 0.493 e. The highest BCUT2D eigenvalue weighted by Crippen LogP contribution is 2.40. The lowest BCUT2D eigenvalue weighted by molar-refractivity contribution is 0.230. The lowest BCUT2D eigenvalue weighted by Gasteiger charge is -2.16. The summed E-state index contributed by atoms with van der Waals surface area (Å²) in [7, 11) is 1.66. The van der Waals surface area contributed by atoms with E-state index in [0.29, 0.717) is 23.4 Å². The first-order valence-corrected chi connectivity index (χ1v) is 12.7. The number of thioether (sulfide) groups is 1. The number of rotatable bonds is 9. The van der Waals surface area contributed by atoms with Crippen LogP contribution in [0.5, 0.6) is 11.5 Å². The molecule has 0 bridgehead atoms. The number of ether oxygens (including phenoxy) is 2. The molecular formula is C23H30N6O2S2. The van der Waals surface area contributed by atoms with Gasteiger partial charge in [0.25, 0.3) is 0 Å². The minimum Gasteiger partial charge on any atom is -0.493 e. The Morgan fingerprint density at radius 2 is 1.82 bits per heavy atom. The van der Waals surface area contributed by atoms with Crippen LogP contribution < -0.4 is 20.9 Å². The molecule has 1 aromatic carbocycles. The predicted octanol–water partition coefficient (Wildman–Crippen LogP) is 4.41. The van der Waals surface area contributed by atoms with Crippen LogP contribution in [0.3, 0.4) is 0 Å². The van der Waals surface area contributed by atoms with Crippen molar-refractivity contribution in [3.8, 4) is 22.1 Å². The number of aryl methyl sites for hydroxylation is 1. The molecule has 0 radical (unpaired) electrons. The van der Waals surface area contributed by atoms with E-state index in [1.54, 1.807) is 24.5 Å². The van der Waals surface area contributed by atoms with Gasteiger partial charge in [0.15, 0.2) is 16.7 Å². The molecule has 3 heterocycles. The Kier molecular flexibility index (Phi) is 7.56. The molecule has 3 aromatic rings. The molecule has 0 aliphatic carbocycles. The fourth-order valence-electron chi connectivity index (χ4n) is 3.85. The lowest BCUT2D eigenvalue weighted by Crippen LogP contribution is -2.25. The molecule has 1 atom stereocenters. The summed E-state index contributed by atoms with van der Waals surface area (Å²) in [5.74, 6) is 2.20. The first-order chi connectivity index (χ1) is 15.9. The van der Waals surface area contributed by atoms with E-state index in [2.05, 4.69) is 28.7 Å². The van der Waals surface area contributed by atoms with Gasteiger partial charge in [-0.2, -0.15) is 0 Å². The molecule has 1 saturated heterocycles. The van der Waals surface area contributed by atoms with Gasteiger partial charge in [-0.3, -0.25) is 4.90 Å². The summed E-state index contributed by atoms with van der Waals surface area (Å²) in [6.07, 6.45) is 2.55. The molecule has 1 fully saturated rings. The Morgan fingerprint density at radius 1 is 1.09 bits per heavy atom. The van der Waals surface area contributed by atoms with Gasteiger partial charge in [0, 0.05) is 23.1 Å². The van der Waals surface area contributed by atoms with Crippen LogP contribution in [0.1, 0.15) is 35.6 Å². The molecule has 8 nitrogen and oxygen atoms in total. The second-order valence-corrected chi connectivity index (χ2v) is 10.5. The molecule has 176 valence electrons. The van der Waals surface area contributed by atoms with Crippen molar-refractivity contribution >= 4 is 34.7 Å². The standard InChI is InChI=1S/C23H30N6O2S2/c1-14-21(15(2)33-23-26-19(24)13-20(25)27-23)28-22(32-14)16-6-7-17(30-3)18(12-16)31-11-10-29-8-4-5-9-29/h6-7,12-13,15H,4-5,8-11H2,1-3H3,(H4,24,25,26,27)/t15-/m0/s1. The number of nitrogen functional groups attached to an aromatic ring is 2. The van der Waals surface area contributed by atoms with Crippen molar-refractivity contribution < 1.29 is 9.47 Å². The number of anilines is 2. The maximum atomic E-state index is 6.10. The summed E-state index contributed by atoms with van der Waals surface area (Å²) in [6, 6.07) is 7.53. The fraction of sp³-hybridized carbons (Fsp3) is 0.435. The number of hydrogen-bond acceptors (Lipinski definition) is 10. The summed E-state index contributed by atoms with van der Waals surface area (Å²) in [5.41, 5.74) is 13.6. The van der Waals surface area contributed by atoms with E-state index < -0.39 is 0 Å². The Bertz CT molecular complexity index is 1080. The summed E-state index contributed by atoms with van der Waals surface area (Å²) in [5, 5.41) is 1.53. The molecule has 0 unspecified atom stereocenters. The van der Waals surface area contributed by atoms with Crippen molar-refractivity contribution in [3.05, 3.63) is 34.8 Å². The normalized spacial score (nSPS) is 15.0. The average Bonchev–Trinajstić information content (AvgIpc) is 3.42. The number of benzene rings is 1. The minimum atomic E-state index is 0.0469. The van der Waals surface area contributed by atoms with Gasteiger partial charge < -0.3 is 20.9 Å². The Hall–Kier alpha value is -2.56. The van der Waals surface area contributed by atoms with Gasteiger partial charge in [-0.1, -0.05) is 11.8 Å². The van der Waals surface area contributed by atoms with Crippen LogP contribution in [0, 0.1) is 6.92 Å². The van der Waals surface area contributed by atoms with Gasteiger partial charge in [0.2, 0.25) is 0 Å². The SMILES string of the molecule is COc1ccc(-c2nc([C@H](C)Sc3nc(N)cc(N)n3)c(C)s2)cc1OCCN1CCCC1. The summed E-state index contributed by atoms with van der Waals surface area (Å²) in [6.45, 7) is 8.05. The topological polar surface area (TPSA) is 112 Å². The maximum Gasteiger partial charge on any atom is 0.192 e. The summed E-state index contributed by atoms with van der Waals surface area (Å²) in [4.78, 5) is 17.1. The van der Waals surface area contributed by atoms with Crippen molar-refractivity contribution in [2.24, 2.45) is 0 Å². The first kappa shape index (κ1) is 23.6. The molecule has 1 aliphatic rings. The van der Waals surface area contributed by atoms with Crippen LogP contribution in [0.4, 0.5) is 11.6 Å². The second-order valence-electron chi connectivity index (χ2n) is 7.98. The number of aromatic nitrogens is 3. The molecule has 10 heteroatoms. The van der Waals surface area contributed by atoms with E-state index in [0.717, 1.165) is 52.3 Å². The molecule has 2 aromatic heterocycles. The zero-order valence-corrected chi connectivity index (χ0v) is 20.8. The third-order valence-electron chi connectivity index (χ3n) is 5.52. The highest BCUT2D eigenvalue weighted by molar-refractivity contribution is 7.99. The maximum absolute atomic E-state index is 6.10. The number of nitrogens with zero attached hydrogens (tertiary/aromatic N) is 4. The van der Waals surface area contributed by atoms with E-state index in [9.17, 15) is 0 Å². The minimum absolute atomic E-state index is 0.0469. The molecule has 0 spiro atoms. The monoisotopic (exact) mass is 486 g/mol. The van der Waals surface area contributed by atoms with Crippen LogP contribution in [0.25, 0.3) is 10.6 Å². The Morgan fingerprint density at radius 3 is 2.52 bits per heavy atom. The Balaban J connectivity index is 1.49. The number of hydrogen-bond donors (Lipinski definition) is 2. The summed E-state index contributed by atoms with van der Waals surface area (Å²) < 4.78 is 11.6. The average molecular weight is 487 g/mol. The molecule has 4 rings (SSSR count). The zero-order chi connectivity index (χ0) is 23.4. The molecule has 0 amide bonds. The van der Waals surface area contributed by atoms with Gasteiger partial charge >= 0.3 is 0 Å². The Labute approximate surface area is 202 Å². The third kappa shape index (κ3) is 5.87. The van der Waals surface area contributed by atoms with Gasteiger partial charge in [-0.25, -0.2) is 15.0 Å². The number of methoxy groups -OCH3 is 1. The van der Waals surface area contributed by atoms with Crippen LogP contribution in [-0.4, -0.2) is 53.2 Å². The number of likely N-dealkylation sites (tertiary alicyclic amines) is 1. The highest BCUT2D eigenvalue weighted by Gasteiger charge is 2.19. The first-order valence-electron chi connectivity index (χ1n) is 11.0. The van der Waals surface area contributed by atoms with E-state index >= 15 is 0 Å². The fourth-order valence-corrected chi connectivity index (χ4v) is 5.90. The van der Waals surface area contributed by atoms with E-state index in [1.165, 1.54) is 24.6 Å². The van der Waals surface area contributed by atoms with Gasteiger partial charge in [-0.05, 0) is 58.0 Å². The molecule has 4 N–H and O–H groups in total. The highest BCUT2D eigenvalue weighted by atomic mass is 32.2. The molecule has 0 saturated carbocycles. The predicted molar refractivity (Wildman–Crippen MR) is 135 cm³/mol. The smallest absolute Gasteiger partial charge is 0.192 e. The molecule has 33 heavy (non-hydrogen) atoms. The lowest BCUT2D eigenvalue weighted by atomic mass is 10.2. The van der Waals surface area contributed by atoms with E-state index in [4.69, 9.17) is 25.9 Å². The van der Waals surface area contributed by atoms with Gasteiger partial charge in [0.05, 0.1) is 18.1 Å². The summed E-state index contributed by atoms with van der Waals surface area (Å²) >= 11 is 3.15. The quantitative estimate of drug-likeness (QED) is 0.335. The molecular weight excluding hydrogens is 456 g/mol.